The lowest BCUT2D eigenvalue weighted by Gasteiger charge is -2.32. The minimum atomic E-state index is -0.876. The fraction of sp³-hybridized carbons (Fsp3) is 0.905. The van der Waals surface area contributed by atoms with Crippen molar-refractivity contribution in [1.82, 2.24) is 20.0 Å². The summed E-state index contributed by atoms with van der Waals surface area (Å²) < 4.78 is 11.3. The zero-order valence-corrected chi connectivity index (χ0v) is 20.1. The van der Waals surface area contributed by atoms with Crippen molar-refractivity contribution < 1.29 is 14.6 Å². The molecule has 3 rings (SSSR count). The van der Waals surface area contributed by atoms with Crippen LogP contribution in [0.3, 0.4) is 0 Å². The Bertz CT molecular complexity index is 641. The van der Waals surface area contributed by atoms with Crippen LogP contribution in [-0.2, 0) is 9.47 Å². The number of amidine groups is 1. The van der Waals surface area contributed by atoms with Gasteiger partial charge in [0.15, 0.2) is 6.17 Å². The number of halogens is 1. The molecule has 31 heavy (non-hydrogen) atoms. The number of hydrogen-bond acceptors (Lipinski definition) is 9. The fourth-order valence-corrected chi connectivity index (χ4v) is 4.14. The molecule has 0 spiro atoms. The molecule has 10 heteroatoms. The molecule has 2 unspecified atom stereocenters. The molecule has 3 heterocycles. The van der Waals surface area contributed by atoms with Gasteiger partial charge in [0.2, 0.25) is 17.7 Å². The lowest BCUT2D eigenvalue weighted by molar-refractivity contribution is -0.239. The van der Waals surface area contributed by atoms with Crippen LogP contribution >= 0.6 is 11.6 Å². The third kappa shape index (κ3) is 7.27. The monoisotopic (exact) mass is 458 g/mol. The summed E-state index contributed by atoms with van der Waals surface area (Å²) in [6, 6.07) is 0. The van der Waals surface area contributed by atoms with Crippen molar-refractivity contribution in [3.05, 3.63) is 0 Å². The Hall–Kier alpha value is -0.970. The molecule has 0 aromatic heterocycles. The highest BCUT2D eigenvalue weighted by Crippen LogP contribution is 2.32. The Morgan fingerprint density at radius 1 is 1.16 bits per heavy atom. The zero-order valence-electron chi connectivity index (χ0n) is 19.4. The molecule has 9 nitrogen and oxygen atoms in total. The SMILES string of the molecule is CCCOCCNC1[C@H]2N=C(N3CCCCN(C(O)OC(C)(C)C)CCC3)N=C(Cl)N12. The number of ether oxygens (including phenoxy) is 2. The maximum atomic E-state index is 10.5. The van der Waals surface area contributed by atoms with Gasteiger partial charge in [-0.15, -0.1) is 0 Å². The van der Waals surface area contributed by atoms with E-state index in [2.05, 4.69) is 22.1 Å². The predicted octanol–water partition coefficient (Wildman–Crippen LogP) is 1.81. The molecule has 2 N–H and O–H groups in total. The molecule has 2 saturated heterocycles. The third-order valence-corrected chi connectivity index (χ3v) is 5.71. The molecule has 0 aromatic carbocycles. The molecule has 3 aliphatic rings. The standard InChI is InChI=1S/C21H39ClN6O3/c1-5-14-30-15-9-23-16-17-24-19(25-18(22)28(16)17)26-10-6-7-11-27(13-8-12-26)20(29)31-21(2,3)4/h16-17,20,23,29H,5-15H2,1-4H3/t16?,17-,20?,28?/m0/s1. The maximum Gasteiger partial charge on any atom is 0.225 e. The Kier molecular flexibility index (Phi) is 8.95. The number of hydrogen-bond donors (Lipinski definition) is 2. The average molecular weight is 459 g/mol. The zero-order chi connectivity index (χ0) is 22.4. The molecule has 0 amide bonds. The summed E-state index contributed by atoms with van der Waals surface area (Å²) in [6.07, 6.45) is 3.12. The molecule has 0 saturated carbocycles. The van der Waals surface area contributed by atoms with Crippen LogP contribution < -0.4 is 5.32 Å². The minimum Gasteiger partial charge on any atom is -0.380 e. The second-order valence-electron chi connectivity index (χ2n) is 9.28. The molecule has 0 aromatic rings. The Labute approximate surface area is 191 Å². The summed E-state index contributed by atoms with van der Waals surface area (Å²) in [5.41, 5.74) is -0.380. The first-order chi connectivity index (χ1) is 14.8. The fourth-order valence-electron chi connectivity index (χ4n) is 3.86. The molecule has 178 valence electrons. The average Bonchev–Trinajstić information content (AvgIpc) is 3.36. The van der Waals surface area contributed by atoms with Gasteiger partial charge in [-0.3, -0.25) is 10.2 Å². The van der Waals surface area contributed by atoms with Crippen LogP contribution in [0.25, 0.3) is 0 Å². The Morgan fingerprint density at radius 3 is 2.61 bits per heavy atom. The van der Waals surface area contributed by atoms with Crippen molar-refractivity contribution >= 4 is 22.9 Å². The largest absolute Gasteiger partial charge is 0.380 e. The lowest BCUT2D eigenvalue weighted by Crippen LogP contribution is -2.43. The summed E-state index contributed by atoms with van der Waals surface area (Å²) in [4.78, 5) is 15.6. The van der Waals surface area contributed by atoms with Gasteiger partial charge in [-0.25, -0.2) is 4.99 Å². The molecular weight excluding hydrogens is 420 g/mol. The second kappa shape index (κ2) is 11.2. The van der Waals surface area contributed by atoms with E-state index < -0.39 is 6.41 Å². The van der Waals surface area contributed by atoms with Crippen LogP contribution in [0, 0.1) is 0 Å². The quantitative estimate of drug-likeness (QED) is 0.248. The van der Waals surface area contributed by atoms with Gasteiger partial charge in [-0.1, -0.05) is 6.92 Å². The van der Waals surface area contributed by atoms with E-state index in [0.717, 1.165) is 71.0 Å². The first-order valence-electron chi connectivity index (χ1n) is 11.6. The van der Waals surface area contributed by atoms with Crippen molar-refractivity contribution in [3.8, 4) is 0 Å². The second-order valence-corrected chi connectivity index (χ2v) is 9.62. The van der Waals surface area contributed by atoms with E-state index in [9.17, 15) is 5.11 Å². The van der Waals surface area contributed by atoms with E-state index in [1.807, 2.05) is 30.6 Å². The van der Waals surface area contributed by atoms with E-state index >= 15 is 0 Å². The number of rotatable bonds is 8. The number of nitrogens with zero attached hydrogens (tertiary/aromatic N) is 5. The van der Waals surface area contributed by atoms with E-state index in [1.54, 1.807) is 0 Å². The summed E-state index contributed by atoms with van der Waals surface area (Å²) >= 11 is 6.45. The van der Waals surface area contributed by atoms with Crippen LogP contribution in [0.15, 0.2) is 9.98 Å². The number of guanidine groups is 1. The number of aliphatic hydroxyl groups excluding tert-OH is 1. The number of aliphatic imine (C=N–C) groups is 2. The van der Waals surface area contributed by atoms with Gasteiger partial charge in [0, 0.05) is 39.3 Å². The van der Waals surface area contributed by atoms with Crippen molar-refractivity contribution in [3.63, 3.8) is 0 Å². The van der Waals surface area contributed by atoms with Crippen molar-refractivity contribution in [1.29, 1.82) is 0 Å². The van der Waals surface area contributed by atoms with Gasteiger partial charge < -0.3 is 24.4 Å². The summed E-state index contributed by atoms with van der Waals surface area (Å²) in [6.45, 7) is 13.5. The minimum absolute atomic E-state index is 0.0114. The molecule has 0 aliphatic carbocycles. The van der Waals surface area contributed by atoms with Gasteiger partial charge >= 0.3 is 0 Å². The molecule has 3 atom stereocenters. The van der Waals surface area contributed by atoms with Crippen molar-refractivity contribution in [2.45, 2.75) is 77.7 Å². The number of aliphatic hydroxyl groups is 1. The van der Waals surface area contributed by atoms with Gasteiger partial charge in [0.1, 0.15) is 6.17 Å². The topological polar surface area (TPSA) is 84.9 Å². The third-order valence-electron chi connectivity index (χ3n) is 5.43. The van der Waals surface area contributed by atoms with Gasteiger partial charge in [-0.05, 0) is 58.1 Å². The first kappa shape index (κ1) is 24.7. The highest BCUT2D eigenvalue weighted by Gasteiger charge is 2.52. The van der Waals surface area contributed by atoms with E-state index in [4.69, 9.17) is 26.1 Å². The lowest BCUT2D eigenvalue weighted by atomic mass is 10.2. The summed E-state index contributed by atoms with van der Waals surface area (Å²) in [5, 5.41) is 14.4. The van der Waals surface area contributed by atoms with Crippen LogP contribution in [0.2, 0.25) is 0 Å². The van der Waals surface area contributed by atoms with Gasteiger partial charge in [0.05, 0.1) is 12.2 Å². The van der Waals surface area contributed by atoms with Crippen molar-refractivity contribution in [2.24, 2.45) is 9.98 Å². The smallest absolute Gasteiger partial charge is 0.225 e. The molecule has 3 aliphatic heterocycles. The van der Waals surface area contributed by atoms with E-state index in [1.165, 1.54) is 0 Å². The van der Waals surface area contributed by atoms with Gasteiger partial charge in [-0.2, -0.15) is 4.99 Å². The summed E-state index contributed by atoms with van der Waals surface area (Å²) in [7, 11) is 0. The molecule has 0 radical (unpaired) electrons. The summed E-state index contributed by atoms with van der Waals surface area (Å²) in [5.74, 6) is 0.720. The van der Waals surface area contributed by atoms with Crippen LogP contribution in [0.4, 0.5) is 0 Å². The molecular formula is C21H39ClN6O3. The number of fused-ring (bicyclic) bond motifs is 1. The Morgan fingerprint density at radius 2 is 1.87 bits per heavy atom. The van der Waals surface area contributed by atoms with Crippen LogP contribution in [-0.4, -0.2) is 101 Å². The predicted molar refractivity (Wildman–Crippen MR) is 123 cm³/mol. The number of nitrogens with one attached hydrogen (secondary N) is 1. The van der Waals surface area contributed by atoms with Crippen molar-refractivity contribution in [2.75, 3.05) is 45.9 Å². The van der Waals surface area contributed by atoms with Crippen LogP contribution in [0.5, 0.6) is 0 Å². The molecule has 2 fully saturated rings. The van der Waals surface area contributed by atoms with E-state index in [0.29, 0.717) is 11.9 Å². The Balaban J connectivity index is 1.51. The molecule has 0 bridgehead atoms. The van der Waals surface area contributed by atoms with Crippen LogP contribution in [0.1, 0.15) is 53.4 Å². The maximum absolute atomic E-state index is 10.5. The normalized spacial score (nSPS) is 26.4. The highest BCUT2D eigenvalue weighted by atomic mass is 35.5. The van der Waals surface area contributed by atoms with Gasteiger partial charge in [0.25, 0.3) is 0 Å². The first-order valence-corrected chi connectivity index (χ1v) is 11.9. The highest BCUT2D eigenvalue weighted by molar-refractivity contribution is 6.65. The van der Waals surface area contributed by atoms with E-state index in [-0.39, 0.29) is 17.9 Å².